The Bertz CT molecular complexity index is 504. The Morgan fingerprint density at radius 1 is 1.20 bits per heavy atom. The van der Waals surface area contributed by atoms with Crippen molar-refractivity contribution in [2.24, 2.45) is 0 Å². The first kappa shape index (κ1) is 8.23. The topological polar surface area (TPSA) is 55.4 Å². The molecule has 0 saturated heterocycles. The molecule has 0 fully saturated rings. The molecule has 1 amide bonds. The predicted octanol–water partition coefficient (Wildman–Crippen LogP) is 0.948. The van der Waals surface area contributed by atoms with Gasteiger partial charge in [0.2, 0.25) is 6.10 Å². The molecule has 74 valence electrons. The van der Waals surface area contributed by atoms with Gasteiger partial charge in [0.25, 0.3) is 5.91 Å². The van der Waals surface area contributed by atoms with Crippen LogP contribution in [0, 0.1) is 0 Å². The second-order valence-electron chi connectivity index (χ2n) is 3.45. The molecule has 4 heteroatoms. The van der Waals surface area contributed by atoms with Crippen LogP contribution in [-0.2, 0) is 14.3 Å². The van der Waals surface area contributed by atoms with Crippen molar-refractivity contribution in [2.75, 3.05) is 5.32 Å². The van der Waals surface area contributed by atoms with E-state index in [1.165, 1.54) is 6.08 Å². The van der Waals surface area contributed by atoms with Crippen molar-refractivity contribution < 1.29 is 14.3 Å². The maximum atomic E-state index is 11.6. The summed E-state index contributed by atoms with van der Waals surface area (Å²) in [6, 6.07) is 7.34. The molecular weight excluding hydrogens is 194 g/mol. The van der Waals surface area contributed by atoms with E-state index in [-0.39, 0.29) is 5.91 Å². The fraction of sp³-hybridized carbons (Fsp3) is 0.0909. The van der Waals surface area contributed by atoms with Gasteiger partial charge in [0.1, 0.15) is 0 Å². The number of hydrogen-bond acceptors (Lipinski definition) is 3. The summed E-state index contributed by atoms with van der Waals surface area (Å²) in [4.78, 5) is 22.6. The third-order valence-electron chi connectivity index (χ3n) is 2.52. The number of fused-ring (bicyclic) bond motifs is 3. The lowest BCUT2D eigenvalue weighted by molar-refractivity contribution is -0.144. The number of carbonyl (C=O) groups excluding carboxylic acids is 2. The number of amides is 1. The number of hydrogen-bond donors (Lipinski definition) is 1. The quantitative estimate of drug-likeness (QED) is 0.636. The van der Waals surface area contributed by atoms with Gasteiger partial charge in [-0.25, -0.2) is 4.79 Å². The normalized spacial score (nSPS) is 22.4. The van der Waals surface area contributed by atoms with E-state index in [4.69, 9.17) is 4.74 Å². The summed E-state index contributed by atoms with van der Waals surface area (Å²) in [5.41, 5.74) is 2.23. The Morgan fingerprint density at radius 2 is 2.00 bits per heavy atom. The fourth-order valence-electron chi connectivity index (χ4n) is 1.87. The number of rotatable bonds is 0. The van der Waals surface area contributed by atoms with Crippen molar-refractivity contribution in [3.05, 3.63) is 35.9 Å². The lowest BCUT2D eigenvalue weighted by atomic mass is 9.95. The van der Waals surface area contributed by atoms with Gasteiger partial charge in [0.05, 0.1) is 0 Å². The molecule has 2 aliphatic heterocycles. The minimum absolute atomic E-state index is 0.286. The molecule has 0 aromatic heterocycles. The molecule has 1 aromatic rings. The first-order valence-corrected chi connectivity index (χ1v) is 4.58. The van der Waals surface area contributed by atoms with E-state index in [9.17, 15) is 9.59 Å². The van der Waals surface area contributed by atoms with E-state index in [0.717, 1.165) is 11.3 Å². The van der Waals surface area contributed by atoms with Crippen LogP contribution >= 0.6 is 0 Å². The summed E-state index contributed by atoms with van der Waals surface area (Å²) >= 11 is 0. The van der Waals surface area contributed by atoms with Gasteiger partial charge in [0.15, 0.2) is 0 Å². The summed E-state index contributed by atoms with van der Waals surface area (Å²) in [7, 11) is 0. The molecular formula is C11H7NO3. The van der Waals surface area contributed by atoms with Gasteiger partial charge >= 0.3 is 5.97 Å². The molecule has 1 aromatic carbocycles. The summed E-state index contributed by atoms with van der Waals surface area (Å²) < 4.78 is 4.89. The highest BCUT2D eigenvalue weighted by Gasteiger charge is 2.37. The zero-order chi connectivity index (χ0) is 10.4. The summed E-state index contributed by atoms with van der Waals surface area (Å²) in [6.45, 7) is 0. The van der Waals surface area contributed by atoms with Crippen LogP contribution in [0.25, 0.3) is 5.57 Å². The van der Waals surface area contributed by atoms with E-state index in [1.807, 2.05) is 18.2 Å². The van der Waals surface area contributed by atoms with Crippen LogP contribution in [0.3, 0.4) is 0 Å². The van der Waals surface area contributed by atoms with Crippen LogP contribution in [0.1, 0.15) is 5.56 Å². The lowest BCUT2D eigenvalue weighted by Gasteiger charge is -2.22. The zero-order valence-electron chi connectivity index (χ0n) is 7.69. The van der Waals surface area contributed by atoms with Crippen LogP contribution < -0.4 is 5.32 Å². The van der Waals surface area contributed by atoms with Crippen molar-refractivity contribution in [3.8, 4) is 0 Å². The molecule has 2 heterocycles. The Balaban J connectivity index is 2.22. The van der Waals surface area contributed by atoms with Gasteiger partial charge in [0, 0.05) is 22.9 Å². The average molecular weight is 201 g/mol. The van der Waals surface area contributed by atoms with Crippen molar-refractivity contribution in [2.45, 2.75) is 6.10 Å². The lowest BCUT2D eigenvalue weighted by Crippen LogP contribution is -2.33. The Hall–Kier alpha value is -2.10. The largest absolute Gasteiger partial charge is 0.444 e. The van der Waals surface area contributed by atoms with Crippen molar-refractivity contribution >= 4 is 23.1 Å². The standard InChI is InChI=1S/C11H7NO3/c13-9-5-7-6-3-1-2-4-8(6)12-11(14)10(7)15-9/h1-5,10H,(H,12,14). The minimum atomic E-state index is -0.771. The molecule has 0 saturated carbocycles. The number of para-hydroxylation sites is 1. The number of esters is 1. The van der Waals surface area contributed by atoms with Crippen LogP contribution in [0.4, 0.5) is 5.69 Å². The molecule has 2 aliphatic rings. The van der Waals surface area contributed by atoms with E-state index < -0.39 is 12.1 Å². The monoisotopic (exact) mass is 201 g/mol. The maximum absolute atomic E-state index is 11.6. The number of anilines is 1. The van der Waals surface area contributed by atoms with Gasteiger partial charge in [-0.3, -0.25) is 4.79 Å². The average Bonchev–Trinajstić information content (AvgIpc) is 2.61. The third-order valence-corrected chi connectivity index (χ3v) is 2.52. The van der Waals surface area contributed by atoms with Gasteiger partial charge in [-0.1, -0.05) is 18.2 Å². The molecule has 0 bridgehead atoms. The molecule has 3 rings (SSSR count). The molecule has 0 spiro atoms. The Labute approximate surface area is 85.5 Å². The van der Waals surface area contributed by atoms with E-state index in [1.54, 1.807) is 6.07 Å². The van der Waals surface area contributed by atoms with Crippen molar-refractivity contribution in [1.82, 2.24) is 0 Å². The Morgan fingerprint density at radius 3 is 2.87 bits per heavy atom. The molecule has 1 N–H and O–H groups in total. The molecule has 0 radical (unpaired) electrons. The number of ether oxygens (including phenoxy) is 1. The maximum Gasteiger partial charge on any atom is 0.332 e. The van der Waals surface area contributed by atoms with Gasteiger partial charge in [-0.2, -0.15) is 0 Å². The highest BCUT2D eigenvalue weighted by atomic mass is 16.6. The highest BCUT2D eigenvalue weighted by molar-refractivity contribution is 6.15. The second kappa shape index (κ2) is 2.70. The number of benzene rings is 1. The van der Waals surface area contributed by atoms with E-state index in [2.05, 4.69) is 5.32 Å². The summed E-state index contributed by atoms with van der Waals surface area (Å²) in [5.74, 6) is -0.743. The number of nitrogens with one attached hydrogen (secondary N) is 1. The predicted molar refractivity (Wildman–Crippen MR) is 52.9 cm³/mol. The summed E-state index contributed by atoms with van der Waals surface area (Å²) in [5, 5.41) is 2.69. The molecule has 1 atom stereocenters. The minimum Gasteiger partial charge on any atom is -0.444 e. The smallest absolute Gasteiger partial charge is 0.332 e. The second-order valence-corrected chi connectivity index (χ2v) is 3.45. The van der Waals surface area contributed by atoms with Crippen LogP contribution in [0.2, 0.25) is 0 Å². The van der Waals surface area contributed by atoms with E-state index in [0.29, 0.717) is 5.57 Å². The zero-order valence-corrected chi connectivity index (χ0v) is 7.69. The first-order valence-electron chi connectivity index (χ1n) is 4.58. The van der Waals surface area contributed by atoms with Crippen molar-refractivity contribution in [1.29, 1.82) is 0 Å². The van der Waals surface area contributed by atoms with Crippen LogP contribution in [-0.4, -0.2) is 18.0 Å². The number of carbonyl (C=O) groups is 2. The first-order chi connectivity index (χ1) is 7.25. The summed E-state index contributed by atoms with van der Waals surface area (Å²) in [6.07, 6.45) is 0.606. The van der Waals surface area contributed by atoms with Gasteiger partial charge in [-0.15, -0.1) is 0 Å². The van der Waals surface area contributed by atoms with Crippen LogP contribution in [0.15, 0.2) is 30.3 Å². The fourth-order valence-corrected chi connectivity index (χ4v) is 1.87. The molecule has 15 heavy (non-hydrogen) atoms. The van der Waals surface area contributed by atoms with Gasteiger partial charge < -0.3 is 10.1 Å². The molecule has 1 unspecified atom stereocenters. The SMILES string of the molecule is O=C1C=C2c3ccccc3NC(=O)C2O1. The van der Waals surface area contributed by atoms with Crippen molar-refractivity contribution in [3.63, 3.8) is 0 Å². The Kier molecular flexibility index (Phi) is 1.48. The van der Waals surface area contributed by atoms with E-state index >= 15 is 0 Å². The molecule has 0 aliphatic carbocycles. The molecule has 4 nitrogen and oxygen atoms in total. The van der Waals surface area contributed by atoms with Crippen LogP contribution in [0.5, 0.6) is 0 Å². The third kappa shape index (κ3) is 1.08. The highest BCUT2D eigenvalue weighted by Crippen LogP contribution is 2.35. The van der Waals surface area contributed by atoms with Gasteiger partial charge in [-0.05, 0) is 6.07 Å².